The van der Waals surface area contributed by atoms with Crippen molar-refractivity contribution in [3.8, 4) is 0 Å². The summed E-state index contributed by atoms with van der Waals surface area (Å²) in [4.78, 5) is 0. The van der Waals surface area contributed by atoms with Gasteiger partial charge in [-0.2, -0.15) is 0 Å². The van der Waals surface area contributed by atoms with Crippen LogP contribution in [0.5, 0.6) is 0 Å². The van der Waals surface area contributed by atoms with Gasteiger partial charge in [-0.3, -0.25) is 0 Å². The largest absolute Gasteiger partial charge is 0.318 e. The summed E-state index contributed by atoms with van der Waals surface area (Å²) in [6, 6.07) is 0.523. The molecule has 0 aromatic rings. The Bertz CT molecular complexity index is 109. The van der Waals surface area contributed by atoms with E-state index in [-0.39, 0.29) is 0 Å². The summed E-state index contributed by atoms with van der Waals surface area (Å²) in [6.45, 7) is 6.07. The number of nitrogens with one attached hydrogen (secondary N) is 2. The molecule has 0 spiro atoms. The maximum absolute atomic E-state index is 3.95. The standard InChI is InChI=1S/C7H14N2/c1-6-3-4-9-7(6)5-8-2/h7-9H,1,3-5H2,2H3. The van der Waals surface area contributed by atoms with E-state index in [0.717, 1.165) is 19.5 Å². The van der Waals surface area contributed by atoms with Crippen molar-refractivity contribution in [1.82, 2.24) is 10.6 Å². The smallest absolute Gasteiger partial charge is 0.0403 e. The average molecular weight is 126 g/mol. The highest BCUT2D eigenvalue weighted by Gasteiger charge is 2.16. The molecule has 1 rings (SSSR count). The molecule has 1 saturated heterocycles. The third-order valence-corrected chi connectivity index (χ3v) is 1.74. The highest BCUT2D eigenvalue weighted by Crippen LogP contribution is 2.09. The van der Waals surface area contributed by atoms with Gasteiger partial charge in [0.2, 0.25) is 0 Å². The Balaban J connectivity index is 2.31. The number of rotatable bonds is 2. The van der Waals surface area contributed by atoms with Gasteiger partial charge in [0.1, 0.15) is 0 Å². The third-order valence-electron chi connectivity index (χ3n) is 1.74. The Morgan fingerprint density at radius 1 is 1.89 bits per heavy atom. The molecule has 9 heavy (non-hydrogen) atoms. The Morgan fingerprint density at radius 3 is 3.11 bits per heavy atom. The fourth-order valence-corrected chi connectivity index (χ4v) is 1.15. The quantitative estimate of drug-likeness (QED) is 0.514. The van der Waals surface area contributed by atoms with Crippen molar-refractivity contribution in [2.24, 2.45) is 0 Å². The number of likely N-dealkylation sites (N-methyl/N-ethyl adjacent to an activating group) is 1. The van der Waals surface area contributed by atoms with Gasteiger partial charge in [0.05, 0.1) is 0 Å². The molecular formula is C7H14N2. The van der Waals surface area contributed by atoms with Crippen LogP contribution in [0.4, 0.5) is 0 Å². The first kappa shape index (κ1) is 6.78. The van der Waals surface area contributed by atoms with Gasteiger partial charge in [-0.1, -0.05) is 12.2 Å². The van der Waals surface area contributed by atoms with Crippen molar-refractivity contribution in [2.45, 2.75) is 12.5 Å². The highest BCUT2D eigenvalue weighted by atomic mass is 15.0. The van der Waals surface area contributed by atoms with Crippen LogP contribution in [-0.4, -0.2) is 26.2 Å². The molecule has 1 unspecified atom stereocenters. The lowest BCUT2D eigenvalue weighted by Gasteiger charge is -2.09. The van der Waals surface area contributed by atoms with Crippen molar-refractivity contribution in [2.75, 3.05) is 20.1 Å². The van der Waals surface area contributed by atoms with Crippen LogP contribution < -0.4 is 10.6 Å². The number of hydrogen-bond acceptors (Lipinski definition) is 2. The van der Waals surface area contributed by atoms with Gasteiger partial charge in [0, 0.05) is 12.6 Å². The number of hydrogen-bond donors (Lipinski definition) is 2. The molecule has 0 aromatic carbocycles. The Labute approximate surface area is 56.3 Å². The highest BCUT2D eigenvalue weighted by molar-refractivity contribution is 5.11. The van der Waals surface area contributed by atoms with Crippen molar-refractivity contribution >= 4 is 0 Å². The van der Waals surface area contributed by atoms with Crippen molar-refractivity contribution < 1.29 is 0 Å². The summed E-state index contributed by atoms with van der Waals surface area (Å²) >= 11 is 0. The lowest BCUT2D eigenvalue weighted by Crippen LogP contribution is -2.32. The predicted octanol–water partition coefficient (Wildman–Crippen LogP) is 0.124. The molecule has 1 fully saturated rings. The SMILES string of the molecule is C=C1CCNC1CNC. The molecule has 0 bridgehead atoms. The maximum atomic E-state index is 3.95. The first-order valence-electron chi connectivity index (χ1n) is 3.40. The summed E-state index contributed by atoms with van der Waals surface area (Å²) in [5, 5.41) is 6.46. The molecule has 0 aliphatic carbocycles. The van der Waals surface area contributed by atoms with Gasteiger partial charge in [-0.05, 0) is 20.0 Å². The fraction of sp³-hybridized carbons (Fsp3) is 0.714. The van der Waals surface area contributed by atoms with Crippen LogP contribution in [0.3, 0.4) is 0 Å². The Morgan fingerprint density at radius 2 is 2.67 bits per heavy atom. The van der Waals surface area contributed by atoms with E-state index >= 15 is 0 Å². The van der Waals surface area contributed by atoms with E-state index < -0.39 is 0 Å². The van der Waals surface area contributed by atoms with E-state index in [9.17, 15) is 0 Å². The Kier molecular flexibility index (Phi) is 2.25. The molecule has 52 valence electrons. The van der Waals surface area contributed by atoms with Crippen molar-refractivity contribution in [3.63, 3.8) is 0 Å². The second-order valence-electron chi connectivity index (χ2n) is 2.47. The van der Waals surface area contributed by atoms with Crippen molar-refractivity contribution in [3.05, 3.63) is 12.2 Å². The molecule has 2 heteroatoms. The molecule has 0 saturated carbocycles. The molecule has 1 aliphatic rings. The minimum absolute atomic E-state index is 0.523. The lowest BCUT2D eigenvalue weighted by atomic mass is 10.1. The molecule has 2 nitrogen and oxygen atoms in total. The summed E-state index contributed by atoms with van der Waals surface area (Å²) in [5.41, 5.74) is 1.34. The summed E-state index contributed by atoms with van der Waals surface area (Å²) in [6.07, 6.45) is 1.15. The topological polar surface area (TPSA) is 24.1 Å². The Hall–Kier alpha value is -0.340. The van der Waals surface area contributed by atoms with Gasteiger partial charge in [-0.25, -0.2) is 0 Å². The first-order chi connectivity index (χ1) is 4.34. The van der Waals surface area contributed by atoms with E-state index in [1.165, 1.54) is 5.57 Å². The van der Waals surface area contributed by atoms with Crippen LogP contribution in [0.2, 0.25) is 0 Å². The molecule has 1 heterocycles. The van der Waals surface area contributed by atoms with Gasteiger partial charge >= 0.3 is 0 Å². The van der Waals surface area contributed by atoms with Gasteiger partial charge in [-0.15, -0.1) is 0 Å². The minimum atomic E-state index is 0.523. The van der Waals surface area contributed by atoms with E-state index in [1.807, 2.05) is 7.05 Å². The molecule has 2 N–H and O–H groups in total. The van der Waals surface area contributed by atoms with Crippen LogP contribution in [-0.2, 0) is 0 Å². The normalized spacial score (nSPS) is 27.2. The molecule has 1 aliphatic heterocycles. The molecule has 1 atom stereocenters. The van der Waals surface area contributed by atoms with Gasteiger partial charge in [0.25, 0.3) is 0 Å². The minimum Gasteiger partial charge on any atom is -0.318 e. The second-order valence-corrected chi connectivity index (χ2v) is 2.47. The second kappa shape index (κ2) is 2.99. The zero-order valence-electron chi connectivity index (χ0n) is 5.91. The monoisotopic (exact) mass is 126 g/mol. The van der Waals surface area contributed by atoms with Crippen LogP contribution in [0, 0.1) is 0 Å². The molecule has 0 amide bonds. The third kappa shape index (κ3) is 1.53. The van der Waals surface area contributed by atoms with Crippen LogP contribution in [0.25, 0.3) is 0 Å². The predicted molar refractivity (Wildman–Crippen MR) is 39.5 cm³/mol. The molecule has 0 aromatic heterocycles. The van der Waals surface area contributed by atoms with Crippen LogP contribution >= 0.6 is 0 Å². The zero-order chi connectivity index (χ0) is 6.69. The first-order valence-corrected chi connectivity index (χ1v) is 3.40. The van der Waals surface area contributed by atoms with E-state index in [1.54, 1.807) is 0 Å². The van der Waals surface area contributed by atoms with E-state index in [0.29, 0.717) is 6.04 Å². The van der Waals surface area contributed by atoms with Crippen LogP contribution in [0.15, 0.2) is 12.2 Å². The van der Waals surface area contributed by atoms with Crippen LogP contribution in [0.1, 0.15) is 6.42 Å². The molecular weight excluding hydrogens is 112 g/mol. The lowest BCUT2D eigenvalue weighted by molar-refractivity contribution is 0.618. The summed E-state index contributed by atoms with van der Waals surface area (Å²) in [7, 11) is 1.97. The zero-order valence-corrected chi connectivity index (χ0v) is 5.91. The van der Waals surface area contributed by atoms with Gasteiger partial charge < -0.3 is 10.6 Å². The average Bonchev–Trinajstić information content (AvgIpc) is 2.18. The summed E-state index contributed by atoms with van der Waals surface area (Å²) < 4.78 is 0. The maximum Gasteiger partial charge on any atom is 0.0403 e. The van der Waals surface area contributed by atoms with Crippen molar-refractivity contribution in [1.29, 1.82) is 0 Å². The fourth-order valence-electron chi connectivity index (χ4n) is 1.15. The van der Waals surface area contributed by atoms with Gasteiger partial charge in [0.15, 0.2) is 0 Å². The molecule has 0 radical (unpaired) electrons. The van der Waals surface area contributed by atoms with E-state index in [4.69, 9.17) is 0 Å². The van der Waals surface area contributed by atoms with E-state index in [2.05, 4.69) is 17.2 Å². The summed E-state index contributed by atoms with van der Waals surface area (Å²) in [5.74, 6) is 0.